The molecule has 0 rings (SSSR count). The number of rotatable bonds is 5. The van der Waals surface area contributed by atoms with E-state index >= 15 is 0 Å². The number of carbonyl (C=O) groups is 1. The minimum Gasteiger partial charge on any atom is -0.478 e. The van der Waals surface area contributed by atoms with Crippen LogP contribution in [0.4, 0.5) is 4.39 Å². The predicted molar refractivity (Wildman–Crippen MR) is 38.6 cm³/mol. The Morgan fingerprint density at radius 2 is 2.09 bits per heavy atom. The molecule has 1 atom stereocenters. The van der Waals surface area contributed by atoms with Gasteiger partial charge in [0, 0.05) is 6.42 Å². The molecule has 0 saturated heterocycles. The highest BCUT2D eigenvalue weighted by Gasteiger charge is 2.32. The molecule has 0 aliphatic heterocycles. The van der Waals surface area contributed by atoms with Crippen molar-refractivity contribution in [3.05, 3.63) is 0 Å². The molecule has 11 heavy (non-hydrogen) atoms. The Kier molecular flexibility index (Phi) is 3.99. The molecule has 0 aromatic rings. The van der Waals surface area contributed by atoms with Gasteiger partial charge in [-0.15, -0.1) is 0 Å². The van der Waals surface area contributed by atoms with E-state index in [-0.39, 0.29) is 6.42 Å². The molecule has 4 nitrogen and oxygen atoms in total. The topological polar surface area (TPSA) is 89.3 Å². The zero-order chi connectivity index (χ0) is 8.91. The number of carboxylic acids is 1. The van der Waals surface area contributed by atoms with Gasteiger partial charge in [0.2, 0.25) is 0 Å². The van der Waals surface area contributed by atoms with E-state index in [0.29, 0.717) is 19.4 Å². The van der Waals surface area contributed by atoms with Crippen molar-refractivity contribution in [2.75, 3.05) is 6.54 Å². The monoisotopic (exact) mass is 164 g/mol. The highest BCUT2D eigenvalue weighted by molar-refractivity contribution is 5.76. The van der Waals surface area contributed by atoms with Crippen LogP contribution in [0.3, 0.4) is 0 Å². The molecule has 0 amide bonds. The van der Waals surface area contributed by atoms with Crippen LogP contribution < -0.4 is 11.5 Å². The molecule has 0 bridgehead atoms. The van der Waals surface area contributed by atoms with Crippen molar-refractivity contribution in [2.45, 2.75) is 25.1 Å². The van der Waals surface area contributed by atoms with E-state index in [1.165, 1.54) is 0 Å². The summed E-state index contributed by atoms with van der Waals surface area (Å²) < 4.78 is 12.7. The van der Waals surface area contributed by atoms with Crippen molar-refractivity contribution in [2.24, 2.45) is 11.5 Å². The third kappa shape index (κ3) is 3.90. The van der Waals surface area contributed by atoms with Gasteiger partial charge in [0.1, 0.15) is 0 Å². The van der Waals surface area contributed by atoms with E-state index in [4.69, 9.17) is 16.6 Å². The molecular formula is C6H13FN2O2. The van der Waals surface area contributed by atoms with Crippen molar-refractivity contribution in [1.82, 2.24) is 0 Å². The third-order valence-corrected chi connectivity index (χ3v) is 1.35. The van der Waals surface area contributed by atoms with Gasteiger partial charge in [0.25, 0.3) is 5.79 Å². The van der Waals surface area contributed by atoms with Crippen LogP contribution in [0.15, 0.2) is 0 Å². The van der Waals surface area contributed by atoms with Crippen LogP contribution >= 0.6 is 0 Å². The highest BCUT2D eigenvalue weighted by Crippen LogP contribution is 2.12. The van der Waals surface area contributed by atoms with E-state index in [1.807, 2.05) is 0 Å². The van der Waals surface area contributed by atoms with Gasteiger partial charge in [-0.3, -0.25) is 5.73 Å². The predicted octanol–water partition coefficient (Wildman–Crippen LogP) is -0.175. The molecule has 5 heteroatoms. The molecule has 66 valence electrons. The molecule has 0 fully saturated rings. The van der Waals surface area contributed by atoms with Crippen LogP contribution in [0, 0.1) is 0 Å². The number of halogens is 1. The number of hydrogen-bond acceptors (Lipinski definition) is 3. The Morgan fingerprint density at radius 1 is 1.55 bits per heavy atom. The highest BCUT2D eigenvalue weighted by atomic mass is 19.1. The fourth-order valence-electron chi connectivity index (χ4n) is 0.634. The summed E-state index contributed by atoms with van der Waals surface area (Å²) in [6.07, 6.45) is 0.811. The van der Waals surface area contributed by atoms with Crippen LogP contribution in [0.2, 0.25) is 0 Å². The van der Waals surface area contributed by atoms with E-state index in [2.05, 4.69) is 0 Å². The maximum absolute atomic E-state index is 12.7. The quantitative estimate of drug-likeness (QED) is 0.388. The van der Waals surface area contributed by atoms with Gasteiger partial charge < -0.3 is 10.8 Å². The second kappa shape index (κ2) is 4.25. The van der Waals surface area contributed by atoms with Crippen molar-refractivity contribution < 1.29 is 14.3 Å². The first kappa shape index (κ1) is 10.3. The molecule has 0 aromatic heterocycles. The lowest BCUT2D eigenvalue weighted by Crippen LogP contribution is -2.43. The van der Waals surface area contributed by atoms with Crippen molar-refractivity contribution in [3.8, 4) is 0 Å². The molecule has 0 aliphatic carbocycles. The number of aliphatic carboxylic acids is 1. The number of unbranched alkanes of at least 4 members (excludes halogenated alkanes) is 1. The Morgan fingerprint density at radius 3 is 2.45 bits per heavy atom. The van der Waals surface area contributed by atoms with Crippen LogP contribution in [0.25, 0.3) is 0 Å². The molecule has 5 N–H and O–H groups in total. The fraction of sp³-hybridized carbons (Fsp3) is 0.833. The van der Waals surface area contributed by atoms with Gasteiger partial charge in [0.15, 0.2) is 0 Å². The van der Waals surface area contributed by atoms with Gasteiger partial charge >= 0.3 is 5.97 Å². The molecular weight excluding hydrogens is 151 g/mol. The molecule has 0 saturated carbocycles. The smallest absolute Gasteiger partial charge is 0.356 e. The van der Waals surface area contributed by atoms with Crippen LogP contribution in [-0.2, 0) is 4.79 Å². The molecule has 0 aromatic carbocycles. The minimum absolute atomic E-state index is 0.181. The Bertz CT molecular complexity index is 139. The summed E-state index contributed by atoms with van der Waals surface area (Å²) >= 11 is 0. The fourth-order valence-corrected chi connectivity index (χ4v) is 0.634. The SMILES string of the molecule is NCCCCC(N)(F)C(=O)O. The van der Waals surface area contributed by atoms with Gasteiger partial charge in [-0.25, -0.2) is 9.18 Å². The van der Waals surface area contributed by atoms with Crippen molar-refractivity contribution in [3.63, 3.8) is 0 Å². The maximum Gasteiger partial charge on any atom is 0.356 e. The normalized spacial score (nSPS) is 15.9. The number of hydrogen-bond donors (Lipinski definition) is 3. The Labute approximate surface area is 64.4 Å². The standard InChI is InChI=1S/C6H13FN2O2/c7-6(9,5(10)11)3-1-2-4-8/h1-4,8-9H2,(H,10,11). The van der Waals surface area contributed by atoms with E-state index < -0.39 is 11.8 Å². The molecule has 0 spiro atoms. The Hall–Kier alpha value is -0.680. The molecule has 0 heterocycles. The second-order valence-corrected chi connectivity index (χ2v) is 2.41. The second-order valence-electron chi connectivity index (χ2n) is 2.41. The summed E-state index contributed by atoms with van der Waals surface area (Å²) in [4.78, 5) is 10.1. The summed E-state index contributed by atoms with van der Waals surface area (Å²) in [5.74, 6) is -4.20. The zero-order valence-electron chi connectivity index (χ0n) is 6.22. The summed E-state index contributed by atoms with van der Waals surface area (Å²) in [5, 5.41) is 8.21. The summed E-state index contributed by atoms with van der Waals surface area (Å²) in [7, 11) is 0. The van der Waals surface area contributed by atoms with Crippen LogP contribution in [-0.4, -0.2) is 23.4 Å². The van der Waals surface area contributed by atoms with E-state index in [1.54, 1.807) is 0 Å². The maximum atomic E-state index is 12.7. The number of alkyl halides is 1. The lowest BCUT2D eigenvalue weighted by Gasteiger charge is -2.13. The average Bonchev–Trinajstić information content (AvgIpc) is 1.88. The van der Waals surface area contributed by atoms with E-state index in [0.717, 1.165) is 0 Å². The third-order valence-electron chi connectivity index (χ3n) is 1.35. The van der Waals surface area contributed by atoms with Crippen LogP contribution in [0.5, 0.6) is 0 Å². The van der Waals surface area contributed by atoms with Gasteiger partial charge in [-0.1, -0.05) is 0 Å². The molecule has 0 aliphatic rings. The first-order chi connectivity index (χ1) is 5.00. The summed E-state index contributed by atoms with van der Waals surface area (Å²) in [6, 6.07) is 0. The summed E-state index contributed by atoms with van der Waals surface area (Å²) in [6.45, 7) is 0.426. The molecule has 1 unspecified atom stereocenters. The number of nitrogens with two attached hydrogens (primary N) is 2. The van der Waals surface area contributed by atoms with Gasteiger partial charge in [-0.2, -0.15) is 0 Å². The van der Waals surface area contributed by atoms with Gasteiger partial charge in [-0.05, 0) is 19.4 Å². The van der Waals surface area contributed by atoms with Crippen LogP contribution in [0.1, 0.15) is 19.3 Å². The first-order valence-corrected chi connectivity index (χ1v) is 3.42. The van der Waals surface area contributed by atoms with Crippen molar-refractivity contribution >= 4 is 5.97 Å². The zero-order valence-corrected chi connectivity index (χ0v) is 6.22. The summed E-state index contributed by atoms with van der Waals surface area (Å²) in [5.41, 5.74) is 9.92. The van der Waals surface area contributed by atoms with E-state index in [9.17, 15) is 9.18 Å². The van der Waals surface area contributed by atoms with Gasteiger partial charge in [0.05, 0.1) is 0 Å². The number of carboxylic acid groups (broad SMARTS) is 1. The van der Waals surface area contributed by atoms with Crippen molar-refractivity contribution in [1.29, 1.82) is 0 Å². The average molecular weight is 164 g/mol. The minimum atomic E-state index is -2.59. The largest absolute Gasteiger partial charge is 0.478 e. The lowest BCUT2D eigenvalue weighted by molar-refractivity contribution is -0.151. The lowest BCUT2D eigenvalue weighted by atomic mass is 10.1. The molecule has 0 radical (unpaired) electrons. The first-order valence-electron chi connectivity index (χ1n) is 3.42. The Balaban J connectivity index is 3.64.